The van der Waals surface area contributed by atoms with Crippen molar-refractivity contribution < 1.29 is 19.4 Å². The lowest BCUT2D eigenvalue weighted by Crippen LogP contribution is -2.30. The molecule has 0 aliphatic heterocycles. The van der Waals surface area contributed by atoms with Gasteiger partial charge in [0.25, 0.3) is 0 Å². The van der Waals surface area contributed by atoms with Crippen molar-refractivity contribution in [1.82, 2.24) is 5.32 Å². The van der Waals surface area contributed by atoms with Crippen LogP contribution in [0, 0.1) is 0 Å². The highest BCUT2D eigenvalue weighted by atomic mass is 16.5. The van der Waals surface area contributed by atoms with Gasteiger partial charge in [-0.15, -0.1) is 0 Å². The van der Waals surface area contributed by atoms with E-state index in [-0.39, 0.29) is 25.0 Å². The molecule has 1 aromatic rings. The molecule has 1 atom stereocenters. The maximum atomic E-state index is 11.8. The van der Waals surface area contributed by atoms with Gasteiger partial charge in [0.15, 0.2) is 11.5 Å². The Bertz CT molecular complexity index is 406. The van der Waals surface area contributed by atoms with E-state index in [1.807, 2.05) is 6.07 Å². The first-order chi connectivity index (χ1) is 8.63. The van der Waals surface area contributed by atoms with Gasteiger partial charge in [-0.3, -0.25) is 4.79 Å². The number of aliphatic hydroxyl groups excluding tert-OH is 1. The third-order valence-corrected chi connectivity index (χ3v) is 2.71. The third kappa shape index (κ3) is 3.37. The van der Waals surface area contributed by atoms with Crippen molar-refractivity contribution in [1.29, 1.82) is 0 Å². The minimum absolute atomic E-state index is 0.0651. The average molecular weight is 253 g/mol. The van der Waals surface area contributed by atoms with Crippen LogP contribution in [-0.2, 0) is 4.79 Å². The fraction of sp³-hybridized carbons (Fsp3) is 0.462. The standard InChI is InChI=1S/C13H19NO4/c1-9(13(16)14-6-7-15)10-4-5-11(17-2)12(8-10)18-3/h4-5,8-9,15H,6-7H2,1-3H3,(H,14,16). The number of ether oxygens (including phenoxy) is 2. The molecule has 2 N–H and O–H groups in total. The first-order valence-electron chi connectivity index (χ1n) is 5.74. The van der Waals surface area contributed by atoms with E-state index in [2.05, 4.69) is 5.32 Å². The van der Waals surface area contributed by atoms with E-state index in [0.29, 0.717) is 11.5 Å². The van der Waals surface area contributed by atoms with Gasteiger partial charge in [0.1, 0.15) is 0 Å². The highest BCUT2D eigenvalue weighted by Gasteiger charge is 2.16. The number of hydrogen-bond donors (Lipinski definition) is 2. The van der Waals surface area contributed by atoms with Crippen molar-refractivity contribution in [2.45, 2.75) is 12.8 Å². The van der Waals surface area contributed by atoms with Crippen LogP contribution in [-0.4, -0.2) is 38.4 Å². The second kappa shape index (κ2) is 6.86. The summed E-state index contributed by atoms with van der Waals surface area (Å²) in [5, 5.41) is 11.3. The molecular weight excluding hydrogens is 234 g/mol. The van der Waals surface area contributed by atoms with Crippen molar-refractivity contribution >= 4 is 5.91 Å². The summed E-state index contributed by atoms with van der Waals surface area (Å²) in [7, 11) is 3.12. The molecule has 0 aromatic heterocycles. The number of methoxy groups -OCH3 is 2. The second-order valence-corrected chi connectivity index (χ2v) is 3.85. The number of benzene rings is 1. The van der Waals surface area contributed by atoms with E-state index in [1.165, 1.54) is 0 Å². The lowest BCUT2D eigenvalue weighted by atomic mass is 10.00. The number of aliphatic hydroxyl groups is 1. The molecule has 0 fully saturated rings. The molecule has 0 radical (unpaired) electrons. The van der Waals surface area contributed by atoms with Crippen molar-refractivity contribution in [3.63, 3.8) is 0 Å². The Labute approximate surface area is 107 Å². The quantitative estimate of drug-likeness (QED) is 0.791. The Morgan fingerprint density at radius 2 is 2.00 bits per heavy atom. The molecule has 0 aliphatic carbocycles. The predicted octanol–water partition coefficient (Wildman–Crippen LogP) is 0.916. The van der Waals surface area contributed by atoms with Crippen molar-refractivity contribution in [2.24, 2.45) is 0 Å². The molecule has 0 bridgehead atoms. The molecule has 1 amide bonds. The lowest BCUT2D eigenvalue weighted by molar-refractivity contribution is -0.122. The molecule has 1 aromatic carbocycles. The van der Waals surface area contributed by atoms with Gasteiger partial charge in [-0.2, -0.15) is 0 Å². The van der Waals surface area contributed by atoms with Gasteiger partial charge in [0.05, 0.1) is 26.7 Å². The number of nitrogens with one attached hydrogen (secondary N) is 1. The predicted molar refractivity (Wildman–Crippen MR) is 68.1 cm³/mol. The molecule has 5 nitrogen and oxygen atoms in total. The van der Waals surface area contributed by atoms with Crippen LogP contribution in [0.3, 0.4) is 0 Å². The summed E-state index contributed by atoms with van der Waals surface area (Å²) < 4.78 is 10.3. The average Bonchev–Trinajstić information content (AvgIpc) is 2.42. The van der Waals surface area contributed by atoms with E-state index < -0.39 is 0 Å². The maximum Gasteiger partial charge on any atom is 0.227 e. The maximum absolute atomic E-state index is 11.8. The number of rotatable bonds is 6. The van der Waals surface area contributed by atoms with E-state index in [9.17, 15) is 4.79 Å². The van der Waals surface area contributed by atoms with Crippen LogP contribution in [0.1, 0.15) is 18.4 Å². The van der Waals surface area contributed by atoms with Crippen LogP contribution in [0.4, 0.5) is 0 Å². The molecule has 5 heteroatoms. The molecule has 18 heavy (non-hydrogen) atoms. The summed E-state index contributed by atoms with van der Waals surface area (Å²) in [5.74, 6) is 0.786. The Kier molecular flexibility index (Phi) is 5.45. The van der Waals surface area contributed by atoms with E-state index in [0.717, 1.165) is 5.56 Å². The first kappa shape index (κ1) is 14.3. The summed E-state index contributed by atoms with van der Waals surface area (Å²) in [6.45, 7) is 1.99. The highest BCUT2D eigenvalue weighted by molar-refractivity contribution is 5.83. The smallest absolute Gasteiger partial charge is 0.227 e. The molecule has 0 saturated carbocycles. The van der Waals surface area contributed by atoms with E-state index in [4.69, 9.17) is 14.6 Å². The monoisotopic (exact) mass is 253 g/mol. The Balaban J connectivity index is 2.85. The largest absolute Gasteiger partial charge is 0.493 e. The molecule has 0 saturated heterocycles. The van der Waals surface area contributed by atoms with Crippen LogP contribution in [0.5, 0.6) is 11.5 Å². The first-order valence-corrected chi connectivity index (χ1v) is 5.74. The Morgan fingerprint density at radius 1 is 1.33 bits per heavy atom. The van der Waals surface area contributed by atoms with Crippen LogP contribution in [0.2, 0.25) is 0 Å². The number of carbonyl (C=O) groups is 1. The summed E-state index contributed by atoms with van der Waals surface area (Å²) >= 11 is 0. The molecule has 100 valence electrons. The minimum atomic E-state index is -0.309. The van der Waals surface area contributed by atoms with Gasteiger partial charge in [-0.25, -0.2) is 0 Å². The van der Waals surface area contributed by atoms with Gasteiger partial charge >= 0.3 is 0 Å². The van der Waals surface area contributed by atoms with Crippen molar-refractivity contribution in [3.8, 4) is 11.5 Å². The van der Waals surface area contributed by atoms with Crippen molar-refractivity contribution in [2.75, 3.05) is 27.4 Å². The molecule has 1 rings (SSSR count). The third-order valence-electron chi connectivity index (χ3n) is 2.71. The number of carbonyl (C=O) groups excluding carboxylic acids is 1. The topological polar surface area (TPSA) is 67.8 Å². The van der Waals surface area contributed by atoms with Crippen LogP contribution >= 0.6 is 0 Å². The van der Waals surface area contributed by atoms with Crippen LogP contribution in [0.25, 0.3) is 0 Å². The second-order valence-electron chi connectivity index (χ2n) is 3.85. The Hall–Kier alpha value is -1.75. The van der Waals surface area contributed by atoms with Gasteiger partial charge in [-0.05, 0) is 24.6 Å². The zero-order chi connectivity index (χ0) is 13.5. The fourth-order valence-corrected chi connectivity index (χ4v) is 1.61. The lowest BCUT2D eigenvalue weighted by Gasteiger charge is -2.14. The van der Waals surface area contributed by atoms with Crippen LogP contribution < -0.4 is 14.8 Å². The number of hydrogen-bond acceptors (Lipinski definition) is 4. The van der Waals surface area contributed by atoms with Crippen molar-refractivity contribution in [3.05, 3.63) is 23.8 Å². The molecule has 0 heterocycles. The summed E-state index contributed by atoms with van der Waals surface area (Å²) in [4.78, 5) is 11.8. The highest BCUT2D eigenvalue weighted by Crippen LogP contribution is 2.30. The summed E-state index contributed by atoms with van der Waals surface area (Å²) in [6, 6.07) is 5.37. The SMILES string of the molecule is COc1ccc(C(C)C(=O)NCCO)cc1OC. The molecule has 0 spiro atoms. The van der Waals surface area contributed by atoms with E-state index >= 15 is 0 Å². The summed E-state index contributed by atoms with van der Waals surface area (Å²) in [5.41, 5.74) is 0.836. The zero-order valence-corrected chi connectivity index (χ0v) is 10.9. The number of amides is 1. The van der Waals surface area contributed by atoms with Gasteiger partial charge in [-0.1, -0.05) is 6.07 Å². The molecular formula is C13H19NO4. The minimum Gasteiger partial charge on any atom is -0.493 e. The van der Waals surface area contributed by atoms with Gasteiger partial charge in [0, 0.05) is 6.54 Å². The zero-order valence-electron chi connectivity index (χ0n) is 10.9. The Morgan fingerprint density at radius 3 is 2.56 bits per heavy atom. The van der Waals surface area contributed by atoms with Crippen LogP contribution in [0.15, 0.2) is 18.2 Å². The van der Waals surface area contributed by atoms with E-state index in [1.54, 1.807) is 33.3 Å². The summed E-state index contributed by atoms with van der Waals surface area (Å²) in [6.07, 6.45) is 0. The normalized spacial score (nSPS) is 11.8. The molecule has 0 aliphatic rings. The molecule has 1 unspecified atom stereocenters. The van der Waals surface area contributed by atoms with Gasteiger partial charge < -0.3 is 19.9 Å². The fourth-order valence-electron chi connectivity index (χ4n) is 1.61. The van der Waals surface area contributed by atoms with Gasteiger partial charge in [0.2, 0.25) is 5.91 Å².